The second kappa shape index (κ2) is 5.29. The monoisotopic (exact) mass is 286 g/mol. The second-order valence-electron chi connectivity index (χ2n) is 5.25. The summed E-state index contributed by atoms with van der Waals surface area (Å²) in [5.74, 6) is 0.124. The van der Waals surface area contributed by atoms with E-state index in [0.29, 0.717) is 5.69 Å². The Morgan fingerprint density at radius 1 is 1.40 bits per heavy atom. The highest BCUT2D eigenvalue weighted by Gasteiger charge is 2.31. The van der Waals surface area contributed by atoms with Crippen molar-refractivity contribution in [3.05, 3.63) is 51.7 Å². The minimum Gasteiger partial charge on any atom is -0.399 e. The van der Waals surface area contributed by atoms with Crippen molar-refractivity contribution in [2.45, 2.75) is 25.8 Å². The Hall–Kier alpha value is -1.81. The summed E-state index contributed by atoms with van der Waals surface area (Å²) >= 11 is 1.73. The van der Waals surface area contributed by atoms with Crippen LogP contribution in [0.2, 0.25) is 0 Å². The average molecular weight is 286 g/mol. The SMILES string of the molecule is Cc1cc(N)ccc1C(=O)N1CCCC1c1cccs1. The molecule has 1 aromatic heterocycles. The third kappa shape index (κ3) is 2.31. The van der Waals surface area contributed by atoms with Crippen molar-refractivity contribution in [1.29, 1.82) is 0 Å². The van der Waals surface area contributed by atoms with Crippen molar-refractivity contribution in [2.24, 2.45) is 0 Å². The number of nitrogens with two attached hydrogens (primary N) is 1. The number of amides is 1. The van der Waals surface area contributed by atoms with Gasteiger partial charge >= 0.3 is 0 Å². The fraction of sp³-hybridized carbons (Fsp3) is 0.312. The average Bonchev–Trinajstić information content (AvgIpc) is 3.09. The van der Waals surface area contributed by atoms with Crippen LogP contribution in [0, 0.1) is 6.92 Å². The van der Waals surface area contributed by atoms with Crippen LogP contribution in [0.25, 0.3) is 0 Å². The Morgan fingerprint density at radius 2 is 2.25 bits per heavy atom. The standard InChI is InChI=1S/C16H18N2OS/c1-11-10-12(17)6-7-13(11)16(19)18-8-2-4-14(18)15-5-3-9-20-15/h3,5-7,9-10,14H,2,4,8,17H2,1H3. The zero-order valence-electron chi connectivity index (χ0n) is 11.5. The summed E-state index contributed by atoms with van der Waals surface area (Å²) < 4.78 is 0. The Morgan fingerprint density at radius 3 is 2.95 bits per heavy atom. The lowest BCUT2D eigenvalue weighted by Gasteiger charge is -2.24. The summed E-state index contributed by atoms with van der Waals surface area (Å²) in [6, 6.07) is 9.92. The quantitative estimate of drug-likeness (QED) is 0.857. The minimum absolute atomic E-state index is 0.124. The van der Waals surface area contributed by atoms with E-state index in [9.17, 15) is 4.79 Å². The topological polar surface area (TPSA) is 46.3 Å². The first-order valence-electron chi connectivity index (χ1n) is 6.87. The maximum Gasteiger partial charge on any atom is 0.254 e. The molecule has 1 aliphatic rings. The lowest BCUT2D eigenvalue weighted by molar-refractivity contribution is 0.0737. The van der Waals surface area contributed by atoms with Crippen LogP contribution >= 0.6 is 11.3 Å². The van der Waals surface area contributed by atoms with Gasteiger partial charge < -0.3 is 10.6 Å². The molecule has 104 valence electrons. The van der Waals surface area contributed by atoms with Crippen LogP contribution in [-0.4, -0.2) is 17.4 Å². The third-order valence-electron chi connectivity index (χ3n) is 3.87. The molecule has 3 rings (SSSR count). The molecule has 1 saturated heterocycles. The number of carbonyl (C=O) groups is 1. The predicted octanol–water partition coefficient (Wildman–Crippen LogP) is 3.62. The molecule has 2 aromatic rings. The molecule has 0 saturated carbocycles. The predicted molar refractivity (Wildman–Crippen MR) is 82.9 cm³/mol. The van der Waals surface area contributed by atoms with Gasteiger partial charge in [-0.15, -0.1) is 11.3 Å². The van der Waals surface area contributed by atoms with Gasteiger partial charge in [0, 0.05) is 22.7 Å². The van der Waals surface area contributed by atoms with Crippen LogP contribution in [0.5, 0.6) is 0 Å². The van der Waals surface area contributed by atoms with Gasteiger partial charge in [-0.1, -0.05) is 6.07 Å². The minimum atomic E-state index is 0.124. The maximum absolute atomic E-state index is 12.8. The highest BCUT2D eigenvalue weighted by molar-refractivity contribution is 7.10. The first kappa shape index (κ1) is 13.2. The van der Waals surface area contributed by atoms with E-state index in [-0.39, 0.29) is 11.9 Å². The van der Waals surface area contributed by atoms with Crippen LogP contribution in [0.1, 0.15) is 39.7 Å². The van der Waals surface area contributed by atoms with Gasteiger partial charge in [0.2, 0.25) is 0 Å². The number of likely N-dealkylation sites (tertiary alicyclic amines) is 1. The summed E-state index contributed by atoms with van der Waals surface area (Å²) in [6.07, 6.45) is 2.13. The Balaban J connectivity index is 1.89. The number of nitrogens with zero attached hydrogens (tertiary/aromatic N) is 1. The van der Waals surface area contributed by atoms with Crippen molar-refractivity contribution < 1.29 is 4.79 Å². The molecule has 20 heavy (non-hydrogen) atoms. The molecule has 0 radical (unpaired) electrons. The molecule has 1 amide bonds. The van der Waals surface area contributed by atoms with Crippen LogP contribution in [0.4, 0.5) is 5.69 Å². The fourth-order valence-corrected chi connectivity index (χ4v) is 3.74. The molecule has 0 spiro atoms. The van der Waals surface area contributed by atoms with Gasteiger partial charge in [0.05, 0.1) is 6.04 Å². The molecule has 0 aliphatic carbocycles. The largest absolute Gasteiger partial charge is 0.399 e. The number of aryl methyl sites for hydroxylation is 1. The molecule has 1 unspecified atom stereocenters. The summed E-state index contributed by atoms with van der Waals surface area (Å²) in [6.45, 7) is 2.78. The van der Waals surface area contributed by atoms with Crippen molar-refractivity contribution in [2.75, 3.05) is 12.3 Å². The molecule has 1 aliphatic heterocycles. The van der Waals surface area contributed by atoms with Crippen LogP contribution in [-0.2, 0) is 0 Å². The van der Waals surface area contributed by atoms with E-state index >= 15 is 0 Å². The Labute approximate surface area is 123 Å². The summed E-state index contributed by atoms with van der Waals surface area (Å²) in [5, 5.41) is 2.07. The van der Waals surface area contributed by atoms with E-state index in [1.165, 1.54) is 4.88 Å². The van der Waals surface area contributed by atoms with E-state index in [1.54, 1.807) is 17.4 Å². The summed E-state index contributed by atoms with van der Waals surface area (Å²) in [5.41, 5.74) is 8.18. The van der Waals surface area contributed by atoms with Gasteiger partial charge in [-0.3, -0.25) is 4.79 Å². The van der Waals surface area contributed by atoms with Crippen LogP contribution in [0.3, 0.4) is 0 Å². The van der Waals surface area contributed by atoms with Crippen molar-refractivity contribution in [3.8, 4) is 0 Å². The van der Waals surface area contributed by atoms with Gasteiger partial charge in [-0.25, -0.2) is 0 Å². The van der Waals surface area contributed by atoms with Crippen LogP contribution in [0.15, 0.2) is 35.7 Å². The molecule has 2 N–H and O–H groups in total. The van der Waals surface area contributed by atoms with Gasteiger partial charge in [-0.05, 0) is 55.0 Å². The molecule has 0 bridgehead atoms. The molecule has 3 nitrogen and oxygen atoms in total. The molecule has 1 fully saturated rings. The lowest BCUT2D eigenvalue weighted by Crippen LogP contribution is -2.30. The number of anilines is 1. The number of hydrogen-bond donors (Lipinski definition) is 1. The highest BCUT2D eigenvalue weighted by Crippen LogP contribution is 2.35. The van der Waals surface area contributed by atoms with Gasteiger partial charge in [-0.2, -0.15) is 0 Å². The van der Waals surface area contributed by atoms with E-state index in [4.69, 9.17) is 5.73 Å². The Bertz CT molecular complexity index is 621. The summed E-state index contributed by atoms with van der Waals surface area (Å²) in [4.78, 5) is 16.1. The van der Waals surface area contributed by atoms with Gasteiger partial charge in [0.1, 0.15) is 0 Å². The first-order valence-corrected chi connectivity index (χ1v) is 7.75. The molecule has 1 atom stereocenters. The second-order valence-corrected chi connectivity index (χ2v) is 6.23. The molecular weight excluding hydrogens is 268 g/mol. The number of benzene rings is 1. The number of carbonyl (C=O) groups excluding carboxylic acids is 1. The number of nitrogen functional groups attached to an aromatic ring is 1. The van der Waals surface area contributed by atoms with Gasteiger partial charge in [0.25, 0.3) is 5.91 Å². The van der Waals surface area contributed by atoms with Crippen molar-refractivity contribution >= 4 is 22.9 Å². The van der Waals surface area contributed by atoms with Crippen molar-refractivity contribution in [3.63, 3.8) is 0 Å². The van der Waals surface area contributed by atoms with E-state index in [1.807, 2.05) is 24.0 Å². The van der Waals surface area contributed by atoms with Crippen molar-refractivity contribution in [1.82, 2.24) is 4.90 Å². The number of rotatable bonds is 2. The van der Waals surface area contributed by atoms with Crippen LogP contribution < -0.4 is 5.73 Å². The molecule has 1 aromatic carbocycles. The Kier molecular flexibility index (Phi) is 3.49. The smallest absolute Gasteiger partial charge is 0.254 e. The zero-order chi connectivity index (χ0) is 14.1. The normalized spacial score (nSPS) is 18.4. The van der Waals surface area contributed by atoms with E-state index < -0.39 is 0 Å². The van der Waals surface area contributed by atoms with E-state index in [0.717, 1.165) is 30.5 Å². The van der Waals surface area contributed by atoms with Gasteiger partial charge in [0.15, 0.2) is 0 Å². The summed E-state index contributed by atoms with van der Waals surface area (Å²) in [7, 11) is 0. The highest BCUT2D eigenvalue weighted by atomic mass is 32.1. The third-order valence-corrected chi connectivity index (χ3v) is 4.84. The fourth-order valence-electron chi connectivity index (χ4n) is 2.87. The maximum atomic E-state index is 12.8. The molecular formula is C16H18N2OS. The number of hydrogen-bond acceptors (Lipinski definition) is 3. The zero-order valence-corrected chi connectivity index (χ0v) is 12.3. The first-order chi connectivity index (χ1) is 9.66. The van der Waals surface area contributed by atoms with E-state index in [2.05, 4.69) is 17.5 Å². The molecule has 4 heteroatoms. The molecule has 2 heterocycles. The number of thiophene rings is 1. The lowest BCUT2D eigenvalue weighted by atomic mass is 10.1.